The van der Waals surface area contributed by atoms with Crippen molar-refractivity contribution in [3.63, 3.8) is 0 Å². The van der Waals surface area contributed by atoms with E-state index in [1.807, 2.05) is 0 Å². The average molecular weight is 116 g/mol. The van der Waals surface area contributed by atoms with Crippen LogP contribution in [0.25, 0.3) is 0 Å². The number of hydrogen-bond acceptors (Lipinski definition) is 2. The molecule has 46 valence electrons. The maximum Gasteiger partial charge on any atom is 0.191 e. The fourth-order valence-electron chi connectivity index (χ4n) is 0.700. The van der Waals surface area contributed by atoms with Crippen LogP contribution in [0, 0.1) is 0 Å². The van der Waals surface area contributed by atoms with Gasteiger partial charge in [-0.25, -0.2) is 4.99 Å². The molecule has 0 aliphatic carbocycles. The molecule has 1 heterocycles. The summed E-state index contributed by atoms with van der Waals surface area (Å²) in [5, 5.41) is 7.17. The van der Waals surface area contributed by atoms with Gasteiger partial charge in [0.15, 0.2) is 12.0 Å². The SMILES string of the molecule is COC1=NCC([OH2+])C1. The number of hydrogen-bond donors (Lipinski definition) is 0. The number of aliphatic imine (C=N–C) groups is 1. The summed E-state index contributed by atoms with van der Waals surface area (Å²) < 4.78 is 4.81. The van der Waals surface area contributed by atoms with Crippen molar-refractivity contribution in [3.8, 4) is 0 Å². The van der Waals surface area contributed by atoms with Crippen LogP contribution in [0.5, 0.6) is 0 Å². The predicted octanol–water partition coefficient (Wildman–Crippen LogP) is -0.472. The minimum atomic E-state index is -0.0510. The molecule has 0 bridgehead atoms. The Balaban J connectivity index is 2.37. The van der Waals surface area contributed by atoms with E-state index in [-0.39, 0.29) is 6.10 Å². The topological polar surface area (TPSA) is 44.5 Å². The number of nitrogens with zero attached hydrogens (tertiary/aromatic N) is 1. The van der Waals surface area contributed by atoms with E-state index in [0.29, 0.717) is 13.0 Å². The molecule has 1 aliphatic rings. The van der Waals surface area contributed by atoms with E-state index in [0.717, 1.165) is 5.90 Å². The van der Waals surface area contributed by atoms with Gasteiger partial charge in [0.2, 0.25) is 0 Å². The molecule has 0 fully saturated rings. The van der Waals surface area contributed by atoms with Gasteiger partial charge in [0.1, 0.15) is 6.54 Å². The zero-order valence-electron chi connectivity index (χ0n) is 4.85. The smallest absolute Gasteiger partial charge is 0.191 e. The summed E-state index contributed by atoms with van der Waals surface area (Å²) in [5.74, 6) is 0.727. The molecule has 8 heavy (non-hydrogen) atoms. The van der Waals surface area contributed by atoms with Crippen molar-refractivity contribution in [1.82, 2.24) is 0 Å². The first-order chi connectivity index (χ1) is 3.83. The summed E-state index contributed by atoms with van der Waals surface area (Å²) in [5.41, 5.74) is 0. The summed E-state index contributed by atoms with van der Waals surface area (Å²) in [6.45, 7) is 0.614. The van der Waals surface area contributed by atoms with Gasteiger partial charge in [-0.2, -0.15) is 0 Å². The average Bonchev–Trinajstić information content (AvgIpc) is 2.14. The van der Waals surface area contributed by atoms with E-state index in [1.54, 1.807) is 7.11 Å². The number of rotatable bonds is 0. The highest BCUT2D eigenvalue weighted by atomic mass is 16.5. The molecule has 1 aliphatic heterocycles. The van der Waals surface area contributed by atoms with Crippen molar-refractivity contribution < 1.29 is 9.84 Å². The van der Waals surface area contributed by atoms with E-state index >= 15 is 0 Å². The number of ether oxygens (including phenoxy) is 1. The highest BCUT2D eigenvalue weighted by Crippen LogP contribution is 2.04. The van der Waals surface area contributed by atoms with Crippen molar-refractivity contribution in [2.45, 2.75) is 12.5 Å². The highest BCUT2D eigenvalue weighted by Gasteiger charge is 2.19. The molecule has 3 heteroatoms. The lowest BCUT2D eigenvalue weighted by Gasteiger charge is -1.93. The van der Waals surface area contributed by atoms with Crippen LogP contribution in [0.1, 0.15) is 6.42 Å². The largest absolute Gasteiger partial charge is 0.484 e. The summed E-state index contributed by atoms with van der Waals surface area (Å²) in [6, 6.07) is 0. The zero-order chi connectivity index (χ0) is 5.98. The molecule has 0 aromatic rings. The van der Waals surface area contributed by atoms with Gasteiger partial charge in [-0.15, -0.1) is 0 Å². The summed E-state index contributed by atoms with van der Waals surface area (Å²) in [6.07, 6.45) is 0.640. The molecule has 0 saturated heterocycles. The van der Waals surface area contributed by atoms with Crippen LogP contribution >= 0.6 is 0 Å². The highest BCUT2D eigenvalue weighted by molar-refractivity contribution is 5.78. The van der Waals surface area contributed by atoms with Crippen LogP contribution in [-0.2, 0) is 4.74 Å². The van der Waals surface area contributed by atoms with Crippen molar-refractivity contribution >= 4 is 5.90 Å². The minimum Gasteiger partial charge on any atom is -0.484 e. The molecule has 0 radical (unpaired) electrons. The Morgan fingerprint density at radius 2 is 2.62 bits per heavy atom. The Bertz CT molecular complexity index is 111. The molecule has 2 N–H and O–H groups in total. The van der Waals surface area contributed by atoms with Crippen molar-refractivity contribution in [2.24, 2.45) is 4.99 Å². The third kappa shape index (κ3) is 0.980. The second-order valence-electron chi connectivity index (χ2n) is 1.84. The van der Waals surface area contributed by atoms with Crippen LogP contribution < -0.4 is 0 Å². The summed E-state index contributed by atoms with van der Waals surface area (Å²) in [7, 11) is 1.59. The Morgan fingerprint density at radius 1 is 1.88 bits per heavy atom. The van der Waals surface area contributed by atoms with Gasteiger partial charge < -0.3 is 9.84 Å². The Hall–Kier alpha value is -0.570. The van der Waals surface area contributed by atoms with Crippen LogP contribution in [0.2, 0.25) is 0 Å². The van der Waals surface area contributed by atoms with Gasteiger partial charge in [0.05, 0.1) is 13.5 Å². The second kappa shape index (κ2) is 2.13. The van der Waals surface area contributed by atoms with Gasteiger partial charge in [-0.3, -0.25) is 0 Å². The van der Waals surface area contributed by atoms with Gasteiger partial charge >= 0.3 is 0 Å². The Labute approximate surface area is 48.0 Å². The lowest BCUT2D eigenvalue weighted by Crippen LogP contribution is -2.07. The lowest BCUT2D eigenvalue weighted by atomic mass is 10.3. The fourth-order valence-corrected chi connectivity index (χ4v) is 0.700. The molecule has 0 aromatic heterocycles. The predicted molar refractivity (Wildman–Crippen MR) is 31.3 cm³/mol. The molecule has 1 atom stereocenters. The number of methoxy groups -OCH3 is 1. The fraction of sp³-hybridized carbons (Fsp3) is 0.800. The first-order valence-corrected chi connectivity index (χ1v) is 2.61. The van der Waals surface area contributed by atoms with Gasteiger partial charge in [-0.1, -0.05) is 0 Å². The molecule has 1 rings (SSSR count). The molecular formula is C5H10NO2+. The summed E-state index contributed by atoms with van der Waals surface area (Å²) >= 11 is 0. The third-order valence-electron chi connectivity index (χ3n) is 1.14. The van der Waals surface area contributed by atoms with Gasteiger partial charge in [0, 0.05) is 0 Å². The maximum absolute atomic E-state index is 7.17. The summed E-state index contributed by atoms with van der Waals surface area (Å²) in [4.78, 5) is 3.94. The van der Waals surface area contributed by atoms with Gasteiger partial charge in [0.25, 0.3) is 0 Å². The third-order valence-corrected chi connectivity index (χ3v) is 1.14. The molecular weight excluding hydrogens is 106 g/mol. The van der Waals surface area contributed by atoms with Crippen LogP contribution in [-0.4, -0.2) is 30.8 Å². The van der Waals surface area contributed by atoms with Crippen molar-refractivity contribution in [1.29, 1.82) is 0 Å². The normalized spacial score (nSPS) is 27.8. The maximum atomic E-state index is 7.17. The van der Waals surface area contributed by atoms with E-state index in [1.165, 1.54) is 0 Å². The van der Waals surface area contributed by atoms with Crippen LogP contribution in [0.3, 0.4) is 0 Å². The Morgan fingerprint density at radius 3 is 2.88 bits per heavy atom. The minimum absolute atomic E-state index is 0.0510. The first-order valence-electron chi connectivity index (χ1n) is 2.61. The monoisotopic (exact) mass is 116 g/mol. The molecule has 0 aromatic carbocycles. The van der Waals surface area contributed by atoms with E-state index < -0.39 is 0 Å². The van der Waals surface area contributed by atoms with Crippen LogP contribution in [0.4, 0.5) is 0 Å². The standard InChI is InChI=1S/C5H9NO2/c1-8-5-2-4(7)3-6-5/h4,7H,2-3H2,1H3/p+1. The quantitative estimate of drug-likeness (QED) is 0.394. The van der Waals surface area contributed by atoms with E-state index in [4.69, 9.17) is 9.84 Å². The second-order valence-corrected chi connectivity index (χ2v) is 1.84. The lowest BCUT2D eigenvalue weighted by molar-refractivity contribution is 0.196. The van der Waals surface area contributed by atoms with E-state index in [2.05, 4.69) is 4.99 Å². The molecule has 1 unspecified atom stereocenters. The molecule has 3 nitrogen and oxygen atoms in total. The van der Waals surface area contributed by atoms with Crippen molar-refractivity contribution in [2.75, 3.05) is 13.7 Å². The first kappa shape index (κ1) is 5.56. The zero-order valence-corrected chi connectivity index (χ0v) is 4.85. The Kier molecular flexibility index (Phi) is 1.48. The van der Waals surface area contributed by atoms with Gasteiger partial charge in [-0.05, 0) is 0 Å². The van der Waals surface area contributed by atoms with Crippen LogP contribution in [0.15, 0.2) is 4.99 Å². The molecule has 0 amide bonds. The van der Waals surface area contributed by atoms with Crippen molar-refractivity contribution in [3.05, 3.63) is 0 Å². The van der Waals surface area contributed by atoms with E-state index in [9.17, 15) is 0 Å². The molecule has 0 saturated carbocycles. The molecule has 0 spiro atoms.